The van der Waals surface area contributed by atoms with Crippen LogP contribution < -0.4 is 10.1 Å². The van der Waals surface area contributed by atoms with Crippen molar-refractivity contribution in [2.24, 2.45) is 0 Å². The molecule has 21 heavy (non-hydrogen) atoms. The highest BCUT2D eigenvalue weighted by molar-refractivity contribution is 8.19. The molecule has 1 aromatic carbocycles. The number of ether oxygens (including phenoxy) is 1. The van der Waals surface area contributed by atoms with Crippen molar-refractivity contribution >= 4 is 29.4 Å². The van der Waals surface area contributed by atoms with Crippen molar-refractivity contribution in [2.75, 3.05) is 18.1 Å². The Kier molecular flexibility index (Phi) is 5.36. The minimum absolute atomic E-state index is 0.00318. The molecule has 1 saturated carbocycles. The molecule has 1 N–H and O–H groups in total. The molecule has 5 heteroatoms. The van der Waals surface area contributed by atoms with Crippen LogP contribution >= 0.6 is 23.5 Å². The Balaban J connectivity index is 1.55. The summed E-state index contributed by atoms with van der Waals surface area (Å²) in [5, 5.41) is 3.06. The molecule has 1 aliphatic heterocycles. The molecule has 114 valence electrons. The highest BCUT2D eigenvalue weighted by atomic mass is 32.2. The van der Waals surface area contributed by atoms with Crippen molar-refractivity contribution in [3.8, 4) is 5.75 Å². The Labute approximate surface area is 134 Å². The van der Waals surface area contributed by atoms with Gasteiger partial charge in [0.15, 0.2) is 6.61 Å². The van der Waals surface area contributed by atoms with Gasteiger partial charge in [-0.3, -0.25) is 4.79 Å². The molecule has 0 unspecified atom stereocenters. The topological polar surface area (TPSA) is 38.3 Å². The molecule has 1 amide bonds. The van der Waals surface area contributed by atoms with E-state index in [1.165, 1.54) is 29.9 Å². The zero-order valence-corrected chi connectivity index (χ0v) is 13.7. The van der Waals surface area contributed by atoms with Crippen LogP contribution in [0, 0.1) is 0 Å². The van der Waals surface area contributed by atoms with Gasteiger partial charge in [0.2, 0.25) is 0 Å². The minimum atomic E-state index is 0.00318. The number of nitrogens with one attached hydrogen (secondary N) is 1. The first kappa shape index (κ1) is 15.1. The van der Waals surface area contributed by atoms with Crippen molar-refractivity contribution in [1.82, 2.24) is 5.32 Å². The van der Waals surface area contributed by atoms with Gasteiger partial charge in [0, 0.05) is 23.1 Å². The van der Waals surface area contributed by atoms with Gasteiger partial charge in [0.25, 0.3) is 5.91 Å². The first-order valence-electron chi connectivity index (χ1n) is 7.57. The molecule has 1 heterocycles. The second kappa shape index (κ2) is 7.45. The third kappa shape index (κ3) is 4.10. The van der Waals surface area contributed by atoms with Crippen molar-refractivity contribution in [3.05, 3.63) is 29.8 Å². The van der Waals surface area contributed by atoms with Gasteiger partial charge in [-0.05, 0) is 18.9 Å². The molecular formula is C16H21NO2S2. The number of benzene rings is 1. The summed E-state index contributed by atoms with van der Waals surface area (Å²) in [4.78, 5) is 12.0. The molecular weight excluding hydrogens is 302 g/mol. The summed E-state index contributed by atoms with van der Waals surface area (Å²) in [5.41, 5.74) is 1.21. The van der Waals surface area contributed by atoms with E-state index in [9.17, 15) is 4.79 Å². The van der Waals surface area contributed by atoms with Gasteiger partial charge < -0.3 is 10.1 Å². The number of hydrogen-bond acceptors (Lipinski definition) is 4. The van der Waals surface area contributed by atoms with Gasteiger partial charge in [-0.1, -0.05) is 31.0 Å². The fourth-order valence-electron chi connectivity index (χ4n) is 2.83. The van der Waals surface area contributed by atoms with Crippen molar-refractivity contribution in [2.45, 2.75) is 36.3 Å². The highest BCUT2D eigenvalue weighted by Crippen LogP contribution is 2.48. The van der Waals surface area contributed by atoms with E-state index in [1.54, 1.807) is 0 Å². The lowest BCUT2D eigenvalue weighted by molar-refractivity contribution is -0.123. The summed E-state index contributed by atoms with van der Waals surface area (Å²) in [6, 6.07) is 8.45. The molecule has 0 bridgehead atoms. The third-order valence-corrected chi connectivity index (χ3v) is 6.94. The normalized spacial score (nSPS) is 19.8. The Morgan fingerprint density at radius 2 is 1.90 bits per heavy atom. The number of thioether (sulfide) groups is 2. The van der Waals surface area contributed by atoms with Gasteiger partial charge in [0.1, 0.15) is 5.75 Å². The van der Waals surface area contributed by atoms with Gasteiger partial charge >= 0.3 is 0 Å². The Morgan fingerprint density at radius 3 is 2.67 bits per heavy atom. The molecule has 0 radical (unpaired) electrons. The fourth-order valence-corrected chi connectivity index (χ4v) is 5.74. The highest BCUT2D eigenvalue weighted by Gasteiger charge is 2.22. The Bertz CT molecular complexity index is 483. The standard InChI is InChI=1S/C16H21NO2S2/c18-15(17-12-5-1-2-6-12)11-19-14-8-4-3-7-13(14)16-20-9-10-21-16/h3-4,7-8,12,16H,1-2,5-6,9-11H2,(H,17,18). The first-order valence-corrected chi connectivity index (χ1v) is 9.67. The van der Waals surface area contributed by atoms with E-state index in [0.29, 0.717) is 10.6 Å². The van der Waals surface area contributed by atoms with E-state index in [1.807, 2.05) is 41.7 Å². The van der Waals surface area contributed by atoms with Gasteiger partial charge in [-0.2, -0.15) is 0 Å². The van der Waals surface area contributed by atoms with Gasteiger partial charge in [0.05, 0.1) is 4.58 Å². The summed E-state index contributed by atoms with van der Waals surface area (Å²) in [6.45, 7) is 0.121. The summed E-state index contributed by atoms with van der Waals surface area (Å²) in [5.74, 6) is 3.23. The van der Waals surface area contributed by atoms with Crippen molar-refractivity contribution < 1.29 is 9.53 Å². The lowest BCUT2D eigenvalue weighted by Crippen LogP contribution is -2.36. The molecule has 2 aliphatic rings. The largest absolute Gasteiger partial charge is 0.483 e. The Morgan fingerprint density at radius 1 is 1.19 bits per heavy atom. The zero-order valence-electron chi connectivity index (χ0n) is 12.0. The monoisotopic (exact) mass is 323 g/mol. The summed E-state index contributed by atoms with van der Waals surface area (Å²) >= 11 is 3.90. The molecule has 1 aromatic rings. The number of carbonyl (C=O) groups excluding carboxylic acids is 1. The SMILES string of the molecule is O=C(COc1ccccc1C1SCCS1)NC1CCCC1. The van der Waals surface area contributed by atoms with Crippen molar-refractivity contribution in [3.63, 3.8) is 0 Å². The van der Waals surface area contributed by atoms with Crippen molar-refractivity contribution in [1.29, 1.82) is 0 Å². The van der Waals surface area contributed by atoms with Crippen LogP contribution in [-0.4, -0.2) is 30.1 Å². The quantitative estimate of drug-likeness (QED) is 0.898. The molecule has 3 rings (SSSR count). The smallest absolute Gasteiger partial charge is 0.258 e. The van der Waals surface area contributed by atoms with Crippen LogP contribution in [0.15, 0.2) is 24.3 Å². The molecule has 2 fully saturated rings. The van der Waals surface area contributed by atoms with Crippen LogP contribution in [0.1, 0.15) is 35.8 Å². The van der Waals surface area contributed by atoms with E-state index in [0.717, 1.165) is 18.6 Å². The Hall–Kier alpha value is -0.810. The zero-order chi connectivity index (χ0) is 14.5. The van der Waals surface area contributed by atoms with Crippen LogP contribution in [-0.2, 0) is 4.79 Å². The maximum Gasteiger partial charge on any atom is 0.258 e. The second-order valence-electron chi connectivity index (χ2n) is 5.45. The molecule has 3 nitrogen and oxygen atoms in total. The number of hydrogen-bond donors (Lipinski definition) is 1. The average Bonchev–Trinajstić information content (AvgIpc) is 3.18. The maximum absolute atomic E-state index is 12.0. The van der Waals surface area contributed by atoms with Crippen LogP contribution in [0.25, 0.3) is 0 Å². The number of carbonyl (C=O) groups is 1. The predicted molar refractivity (Wildman–Crippen MR) is 90.0 cm³/mol. The number of rotatable bonds is 5. The van der Waals surface area contributed by atoms with Crippen LogP contribution in [0.4, 0.5) is 0 Å². The van der Waals surface area contributed by atoms with Crippen LogP contribution in [0.3, 0.4) is 0 Å². The third-order valence-electron chi connectivity index (χ3n) is 3.87. The first-order chi connectivity index (χ1) is 10.3. The van der Waals surface area contributed by atoms with Gasteiger partial charge in [-0.15, -0.1) is 23.5 Å². The summed E-state index contributed by atoms with van der Waals surface area (Å²) in [7, 11) is 0. The number of amides is 1. The fraction of sp³-hybridized carbons (Fsp3) is 0.562. The number of para-hydroxylation sites is 1. The van der Waals surface area contributed by atoms with E-state index in [4.69, 9.17) is 4.74 Å². The van der Waals surface area contributed by atoms with E-state index < -0.39 is 0 Å². The summed E-state index contributed by atoms with van der Waals surface area (Å²) in [6.07, 6.45) is 4.67. The molecule has 1 saturated heterocycles. The molecule has 0 atom stereocenters. The van der Waals surface area contributed by atoms with E-state index >= 15 is 0 Å². The lowest BCUT2D eigenvalue weighted by Gasteiger charge is -2.16. The summed E-state index contributed by atoms with van der Waals surface area (Å²) < 4.78 is 6.23. The predicted octanol–water partition coefficient (Wildman–Crippen LogP) is 3.60. The van der Waals surface area contributed by atoms with Gasteiger partial charge in [-0.25, -0.2) is 0 Å². The maximum atomic E-state index is 12.0. The molecule has 0 spiro atoms. The van der Waals surface area contributed by atoms with Crippen LogP contribution in [0.5, 0.6) is 5.75 Å². The minimum Gasteiger partial charge on any atom is -0.483 e. The molecule has 0 aromatic heterocycles. The van der Waals surface area contributed by atoms with E-state index in [-0.39, 0.29) is 12.5 Å². The lowest BCUT2D eigenvalue weighted by atomic mass is 10.2. The van der Waals surface area contributed by atoms with E-state index in [2.05, 4.69) is 11.4 Å². The average molecular weight is 323 g/mol. The second-order valence-corrected chi connectivity index (χ2v) is 8.17. The molecule has 1 aliphatic carbocycles. The van der Waals surface area contributed by atoms with Crippen LogP contribution in [0.2, 0.25) is 0 Å².